The van der Waals surface area contributed by atoms with Gasteiger partial charge in [0, 0.05) is 10.5 Å². The number of hydrogen-bond donors (Lipinski definition) is 2. The smallest absolute Gasteiger partial charge is 0.370 e. The van der Waals surface area contributed by atoms with E-state index in [0.717, 1.165) is 0 Å². The van der Waals surface area contributed by atoms with E-state index in [-0.39, 0.29) is 13.0 Å². The van der Waals surface area contributed by atoms with E-state index < -0.39 is 24.6 Å². The average Bonchev–Trinajstić information content (AvgIpc) is 2.24. The van der Waals surface area contributed by atoms with Crippen LogP contribution in [0.15, 0.2) is 22.7 Å². The van der Waals surface area contributed by atoms with Gasteiger partial charge in [0.15, 0.2) is 0 Å². The van der Waals surface area contributed by atoms with Crippen molar-refractivity contribution in [1.29, 1.82) is 0 Å². The normalized spacial score (nSPS) is 13.6. The third-order valence-electron chi connectivity index (χ3n) is 2.22. The van der Waals surface area contributed by atoms with Crippen molar-refractivity contribution in [2.45, 2.75) is 18.6 Å². The zero-order valence-corrected chi connectivity index (χ0v) is 11.4. The van der Waals surface area contributed by atoms with Gasteiger partial charge in [0.1, 0.15) is 12.4 Å². The molecule has 0 saturated heterocycles. The van der Waals surface area contributed by atoms with E-state index in [0.29, 0.717) is 10.0 Å². The monoisotopic (exact) mass is 344 g/mol. The van der Waals surface area contributed by atoms with Crippen LogP contribution in [-0.2, 0) is 11.2 Å². The van der Waals surface area contributed by atoms with E-state index in [1.165, 1.54) is 12.1 Å². The predicted octanol–water partition coefficient (Wildman–Crippen LogP) is 2.54. The Hall–Kier alpha value is -0.700. The number of nitrogens with two attached hydrogens (primary N) is 1. The van der Waals surface area contributed by atoms with Crippen LogP contribution in [0, 0.1) is 5.82 Å². The number of rotatable bonds is 6. The highest BCUT2D eigenvalue weighted by Gasteiger charge is 2.27. The molecule has 8 heteroatoms. The topological polar surface area (TPSA) is 47.3 Å². The molecule has 0 spiro atoms. The Morgan fingerprint density at radius 3 is 2.53 bits per heavy atom. The second-order valence-corrected chi connectivity index (χ2v) is 4.89. The minimum atomic E-state index is -4.37. The molecule has 0 heterocycles. The van der Waals surface area contributed by atoms with Crippen molar-refractivity contribution in [3.05, 3.63) is 34.1 Å². The van der Waals surface area contributed by atoms with Crippen LogP contribution in [0.5, 0.6) is 0 Å². The lowest BCUT2D eigenvalue weighted by atomic mass is 10.1. The molecule has 1 aromatic rings. The van der Waals surface area contributed by atoms with Gasteiger partial charge in [0.2, 0.25) is 0 Å². The lowest BCUT2D eigenvalue weighted by Crippen LogP contribution is -2.41. The number of hydrazine groups is 1. The first kappa shape index (κ1) is 16.4. The van der Waals surface area contributed by atoms with Crippen LogP contribution in [0.25, 0.3) is 0 Å². The zero-order chi connectivity index (χ0) is 14.5. The van der Waals surface area contributed by atoms with Crippen LogP contribution in [0.1, 0.15) is 5.56 Å². The maximum Gasteiger partial charge on any atom is 0.411 e. The molecular weight excluding hydrogens is 332 g/mol. The first-order chi connectivity index (χ1) is 8.80. The van der Waals surface area contributed by atoms with Crippen molar-refractivity contribution in [2.75, 3.05) is 13.2 Å². The fraction of sp³-hybridized carbons (Fsp3) is 0.455. The summed E-state index contributed by atoms with van der Waals surface area (Å²) in [5, 5.41) is 0. The molecule has 0 aromatic heterocycles. The maximum absolute atomic E-state index is 13.1. The van der Waals surface area contributed by atoms with Crippen LogP contribution in [0.4, 0.5) is 17.6 Å². The molecule has 3 N–H and O–H groups in total. The minimum absolute atomic E-state index is 0.218. The second kappa shape index (κ2) is 7.18. The molecule has 0 amide bonds. The van der Waals surface area contributed by atoms with Crippen LogP contribution < -0.4 is 11.3 Å². The summed E-state index contributed by atoms with van der Waals surface area (Å²) in [5.41, 5.74) is 2.95. The molecule has 3 nitrogen and oxygen atoms in total. The van der Waals surface area contributed by atoms with Gasteiger partial charge in [-0.25, -0.2) is 4.39 Å². The standard InChI is InChI=1S/C11H13BrF4N2O/c12-8-1-7(2-9(13)4-8)3-10(18-17)5-19-6-11(14,15)16/h1-2,4,10,18H,3,5-6,17H2. The fourth-order valence-corrected chi connectivity index (χ4v) is 2.01. The Morgan fingerprint density at radius 1 is 1.32 bits per heavy atom. The number of halogens is 5. The fourth-order valence-electron chi connectivity index (χ4n) is 1.50. The Balaban J connectivity index is 2.52. The third-order valence-corrected chi connectivity index (χ3v) is 2.68. The summed E-state index contributed by atoms with van der Waals surface area (Å²) >= 11 is 3.13. The Bertz CT molecular complexity index is 394. The number of nitrogens with one attached hydrogen (secondary N) is 1. The van der Waals surface area contributed by atoms with Gasteiger partial charge in [-0.15, -0.1) is 0 Å². The Labute approximate surface area is 116 Å². The van der Waals surface area contributed by atoms with Crippen LogP contribution >= 0.6 is 15.9 Å². The highest BCUT2D eigenvalue weighted by Crippen LogP contribution is 2.17. The van der Waals surface area contributed by atoms with E-state index in [4.69, 9.17) is 5.84 Å². The average molecular weight is 345 g/mol. The van der Waals surface area contributed by atoms with Gasteiger partial charge >= 0.3 is 6.18 Å². The van der Waals surface area contributed by atoms with Gasteiger partial charge in [0.25, 0.3) is 0 Å². The molecule has 0 fully saturated rings. The van der Waals surface area contributed by atoms with Gasteiger partial charge < -0.3 is 4.74 Å². The second-order valence-electron chi connectivity index (χ2n) is 3.98. The summed E-state index contributed by atoms with van der Waals surface area (Å²) in [6.45, 7) is -1.55. The van der Waals surface area contributed by atoms with Crippen molar-refractivity contribution in [3.8, 4) is 0 Å². The SMILES string of the molecule is NNC(COCC(F)(F)F)Cc1cc(F)cc(Br)c1. The molecule has 1 rings (SSSR count). The van der Waals surface area contributed by atoms with Crippen molar-refractivity contribution in [3.63, 3.8) is 0 Å². The highest BCUT2D eigenvalue weighted by atomic mass is 79.9. The van der Waals surface area contributed by atoms with Gasteiger partial charge in [-0.3, -0.25) is 11.3 Å². The lowest BCUT2D eigenvalue weighted by Gasteiger charge is -2.17. The molecule has 0 aliphatic carbocycles. The Morgan fingerprint density at radius 2 is 2.00 bits per heavy atom. The lowest BCUT2D eigenvalue weighted by molar-refractivity contribution is -0.175. The molecule has 0 radical (unpaired) electrons. The van der Waals surface area contributed by atoms with Crippen molar-refractivity contribution >= 4 is 15.9 Å². The number of benzene rings is 1. The van der Waals surface area contributed by atoms with Gasteiger partial charge in [-0.1, -0.05) is 15.9 Å². The summed E-state index contributed by atoms with van der Waals surface area (Å²) in [6, 6.07) is 3.71. The van der Waals surface area contributed by atoms with Crippen molar-refractivity contribution in [1.82, 2.24) is 5.43 Å². The minimum Gasteiger partial charge on any atom is -0.370 e. The van der Waals surface area contributed by atoms with E-state index in [1.807, 2.05) is 0 Å². The Kier molecular flexibility index (Phi) is 6.18. The van der Waals surface area contributed by atoms with Crippen LogP contribution in [0.2, 0.25) is 0 Å². The quantitative estimate of drug-likeness (QED) is 0.473. The first-order valence-corrected chi connectivity index (χ1v) is 6.15. The number of ether oxygens (including phenoxy) is 1. The molecule has 0 aliphatic heterocycles. The molecule has 1 aromatic carbocycles. The van der Waals surface area contributed by atoms with E-state index in [2.05, 4.69) is 26.1 Å². The van der Waals surface area contributed by atoms with E-state index in [9.17, 15) is 17.6 Å². The maximum atomic E-state index is 13.1. The van der Waals surface area contributed by atoms with E-state index in [1.54, 1.807) is 6.07 Å². The van der Waals surface area contributed by atoms with Crippen LogP contribution in [0.3, 0.4) is 0 Å². The first-order valence-electron chi connectivity index (χ1n) is 5.36. The summed E-state index contributed by atoms with van der Waals surface area (Å²) in [7, 11) is 0. The van der Waals surface area contributed by atoms with Crippen LogP contribution in [-0.4, -0.2) is 25.4 Å². The molecule has 0 bridgehead atoms. The predicted molar refractivity (Wildman–Crippen MR) is 65.8 cm³/mol. The van der Waals surface area contributed by atoms with Gasteiger partial charge in [-0.05, 0) is 30.2 Å². The highest BCUT2D eigenvalue weighted by molar-refractivity contribution is 9.10. The van der Waals surface area contributed by atoms with Crippen molar-refractivity contribution in [2.24, 2.45) is 5.84 Å². The zero-order valence-electron chi connectivity index (χ0n) is 9.81. The molecule has 19 heavy (non-hydrogen) atoms. The number of alkyl halides is 3. The molecular formula is C11H13BrF4N2O. The number of hydrogen-bond acceptors (Lipinski definition) is 3. The molecule has 1 atom stereocenters. The largest absolute Gasteiger partial charge is 0.411 e. The van der Waals surface area contributed by atoms with Gasteiger partial charge in [-0.2, -0.15) is 13.2 Å². The van der Waals surface area contributed by atoms with Crippen molar-refractivity contribution < 1.29 is 22.3 Å². The summed E-state index contributed by atoms with van der Waals surface area (Å²) in [5.74, 6) is 4.80. The molecule has 1 unspecified atom stereocenters. The third kappa shape index (κ3) is 6.86. The van der Waals surface area contributed by atoms with Gasteiger partial charge in [0.05, 0.1) is 6.61 Å². The molecule has 108 valence electrons. The summed E-state index contributed by atoms with van der Waals surface area (Å²) < 4.78 is 53.9. The summed E-state index contributed by atoms with van der Waals surface area (Å²) in [6.07, 6.45) is -4.12. The summed E-state index contributed by atoms with van der Waals surface area (Å²) in [4.78, 5) is 0. The molecule has 0 saturated carbocycles. The molecule has 0 aliphatic rings. The van der Waals surface area contributed by atoms with E-state index >= 15 is 0 Å².